The highest BCUT2D eigenvalue weighted by Crippen LogP contribution is 1.98. The normalized spacial score (nSPS) is 10.5. The number of hydrogen-bond donors (Lipinski definition) is 3. The predicted octanol–water partition coefficient (Wildman–Crippen LogP) is 0.136. The van der Waals surface area contributed by atoms with Crippen LogP contribution in [-0.4, -0.2) is 29.1 Å². The van der Waals surface area contributed by atoms with Crippen molar-refractivity contribution in [3.63, 3.8) is 0 Å². The van der Waals surface area contributed by atoms with Crippen LogP contribution in [0.4, 0.5) is 0 Å². The van der Waals surface area contributed by atoms with Gasteiger partial charge in [0.15, 0.2) is 0 Å². The first-order chi connectivity index (χ1) is 6.33. The summed E-state index contributed by atoms with van der Waals surface area (Å²) in [4.78, 5) is 13.9. The van der Waals surface area contributed by atoms with Gasteiger partial charge in [-0.3, -0.25) is 4.79 Å². The summed E-state index contributed by atoms with van der Waals surface area (Å²) in [6.07, 6.45) is 6.70. The summed E-state index contributed by atoms with van der Waals surface area (Å²) in [7, 11) is 0. The number of carbonyl (C=O) groups excluding carboxylic acids is 1. The Morgan fingerprint density at radius 2 is 2.54 bits per heavy atom. The molecule has 0 aromatic carbocycles. The molecule has 0 atom stereocenters. The average molecular weight is 180 g/mol. The molecular formula is C9H12N2O2. The van der Waals surface area contributed by atoms with E-state index in [4.69, 9.17) is 5.11 Å². The Kier molecular flexibility index (Phi) is 3.78. The van der Waals surface area contributed by atoms with Gasteiger partial charge in [0.1, 0.15) is 0 Å². The number of hydrogen-bond acceptors (Lipinski definition) is 2. The van der Waals surface area contributed by atoms with Crippen molar-refractivity contribution in [2.75, 3.05) is 13.2 Å². The molecule has 0 bridgehead atoms. The molecule has 1 heterocycles. The van der Waals surface area contributed by atoms with Crippen LogP contribution in [0, 0.1) is 0 Å². The van der Waals surface area contributed by atoms with Gasteiger partial charge in [0, 0.05) is 25.0 Å². The Morgan fingerprint density at radius 3 is 3.15 bits per heavy atom. The van der Waals surface area contributed by atoms with Crippen molar-refractivity contribution < 1.29 is 9.90 Å². The third-order valence-corrected chi connectivity index (χ3v) is 1.46. The summed E-state index contributed by atoms with van der Waals surface area (Å²) in [6.45, 7) is 0.250. The van der Waals surface area contributed by atoms with Crippen LogP contribution in [0.25, 0.3) is 6.08 Å². The van der Waals surface area contributed by atoms with E-state index in [1.807, 2.05) is 6.07 Å². The van der Waals surface area contributed by atoms with Crippen LogP contribution in [-0.2, 0) is 4.79 Å². The van der Waals surface area contributed by atoms with E-state index in [1.54, 1.807) is 18.5 Å². The van der Waals surface area contributed by atoms with Crippen LogP contribution >= 0.6 is 0 Å². The van der Waals surface area contributed by atoms with E-state index < -0.39 is 0 Å². The maximum Gasteiger partial charge on any atom is 0.244 e. The number of aromatic nitrogens is 1. The zero-order valence-corrected chi connectivity index (χ0v) is 7.16. The van der Waals surface area contributed by atoms with Gasteiger partial charge in [-0.25, -0.2) is 0 Å². The fourth-order valence-corrected chi connectivity index (χ4v) is 0.850. The quantitative estimate of drug-likeness (QED) is 0.577. The molecule has 4 heteroatoms. The number of nitrogens with one attached hydrogen (secondary N) is 2. The van der Waals surface area contributed by atoms with Crippen LogP contribution in [0.5, 0.6) is 0 Å². The highest BCUT2D eigenvalue weighted by molar-refractivity contribution is 5.91. The first kappa shape index (κ1) is 9.54. The molecule has 0 saturated heterocycles. The van der Waals surface area contributed by atoms with Crippen LogP contribution in [0.2, 0.25) is 0 Å². The van der Waals surface area contributed by atoms with Crippen molar-refractivity contribution in [1.82, 2.24) is 10.3 Å². The second-order valence-corrected chi connectivity index (χ2v) is 2.49. The van der Waals surface area contributed by atoms with Gasteiger partial charge in [-0.15, -0.1) is 0 Å². The SMILES string of the molecule is O=C(C=Cc1cc[nH]c1)NCCO. The van der Waals surface area contributed by atoms with Gasteiger partial charge < -0.3 is 15.4 Å². The number of aliphatic hydroxyl groups excluding tert-OH is 1. The number of carbonyl (C=O) groups is 1. The molecule has 13 heavy (non-hydrogen) atoms. The zero-order valence-electron chi connectivity index (χ0n) is 7.16. The lowest BCUT2D eigenvalue weighted by Crippen LogP contribution is -2.24. The highest BCUT2D eigenvalue weighted by atomic mass is 16.3. The predicted molar refractivity (Wildman–Crippen MR) is 49.9 cm³/mol. The molecule has 0 saturated carbocycles. The third-order valence-electron chi connectivity index (χ3n) is 1.46. The molecule has 3 N–H and O–H groups in total. The number of rotatable bonds is 4. The molecule has 4 nitrogen and oxygen atoms in total. The first-order valence-electron chi connectivity index (χ1n) is 4.02. The van der Waals surface area contributed by atoms with E-state index in [0.717, 1.165) is 5.56 Å². The standard InChI is InChI=1S/C9H12N2O2/c12-6-5-11-9(13)2-1-8-3-4-10-7-8/h1-4,7,10,12H,5-6H2,(H,11,13). The summed E-state index contributed by atoms with van der Waals surface area (Å²) in [6, 6.07) is 1.86. The molecule has 0 aliphatic rings. The van der Waals surface area contributed by atoms with Gasteiger partial charge in [0.25, 0.3) is 0 Å². The fourth-order valence-electron chi connectivity index (χ4n) is 0.850. The van der Waals surface area contributed by atoms with Crippen LogP contribution in [0.15, 0.2) is 24.5 Å². The van der Waals surface area contributed by atoms with Crippen LogP contribution in [0.1, 0.15) is 5.56 Å². The largest absolute Gasteiger partial charge is 0.395 e. The Labute approximate surface area is 76.3 Å². The van der Waals surface area contributed by atoms with E-state index in [0.29, 0.717) is 0 Å². The van der Waals surface area contributed by atoms with Crippen molar-refractivity contribution in [1.29, 1.82) is 0 Å². The molecule has 70 valence electrons. The topological polar surface area (TPSA) is 65.1 Å². The van der Waals surface area contributed by atoms with Crippen LogP contribution in [0.3, 0.4) is 0 Å². The monoisotopic (exact) mass is 180 g/mol. The molecule has 0 fully saturated rings. The molecule has 0 aliphatic carbocycles. The van der Waals surface area contributed by atoms with Gasteiger partial charge >= 0.3 is 0 Å². The summed E-state index contributed by atoms with van der Waals surface area (Å²) in [5.74, 6) is -0.199. The lowest BCUT2D eigenvalue weighted by atomic mass is 10.3. The van der Waals surface area contributed by atoms with Gasteiger partial charge in [-0.05, 0) is 17.7 Å². The third kappa shape index (κ3) is 3.57. The van der Waals surface area contributed by atoms with E-state index in [9.17, 15) is 4.79 Å². The van der Waals surface area contributed by atoms with Gasteiger partial charge in [-0.2, -0.15) is 0 Å². The molecule has 1 rings (SSSR count). The molecule has 0 unspecified atom stereocenters. The van der Waals surface area contributed by atoms with Gasteiger partial charge in [0.05, 0.1) is 6.61 Å². The Bertz CT molecular complexity index is 278. The number of H-pyrrole nitrogens is 1. The minimum atomic E-state index is -0.199. The molecule has 1 amide bonds. The van der Waals surface area contributed by atoms with Crippen molar-refractivity contribution in [2.45, 2.75) is 0 Å². The molecule has 0 aliphatic heterocycles. The van der Waals surface area contributed by atoms with Crippen molar-refractivity contribution >= 4 is 12.0 Å². The smallest absolute Gasteiger partial charge is 0.244 e. The molecule has 1 aromatic heterocycles. The molecule has 0 radical (unpaired) electrons. The summed E-state index contributed by atoms with van der Waals surface area (Å²) in [5, 5.41) is 10.9. The zero-order chi connectivity index (χ0) is 9.52. The summed E-state index contributed by atoms with van der Waals surface area (Å²) in [5.41, 5.74) is 0.944. The van der Waals surface area contributed by atoms with E-state index in [2.05, 4.69) is 10.3 Å². The molecule has 1 aromatic rings. The van der Waals surface area contributed by atoms with E-state index in [1.165, 1.54) is 6.08 Å². The highest BCUT2D eigenvalue weighted by Gasteiger charge is 1.92. The number of amides is 1. The van der Waals surface area contributed by atoms with Crippen LogP contribution < -0.4 is 5.32 Å². The minimum Gasteiger partial charge on any atom is -0.395 e. The maximum atomic E-state index is 11.0. The second kappa shape index (κ2) is 5.16. The van der Waals surface area contributed by atoms with E-state index in [-0.39, 0.29) is 19.1 Å². The van der Waals surface area contributed by atoms with Crippen molar-refractivity contribution in [3.8, 4) is 0 Å². The lowest BCUT2D eigenvalue weighted by molar-refractivity contribution is -0.116. The summed E-state index contributed by atoms with van der Waals surface area (Å²) < 4.78 is 0. The number of aliphatic hydroxyl groups is 1. The molecular weight excluding hydrogens is 168 g/mol. The van der Waals surface area contributed by atoms with Crippen molar-refractivity contribution in [2.24, 2.45) is 0 Å². The average Bonchev–Trinajstić information content (AvgIpc) is 2.64. The van der Waals surface area contributed by atoms with Gasteiger partial charge in [0.2, 0.25) is 5.91 Å². The Balaban J connectivity index is 2.35. The fraction of sp³-hybridized carbons (Fsp3) is 0.222. The lowest BCUT2D eigenvalue weighted by Gasteiger charge is -1.95. The van der Waals surface area contributed by atoms with Gasteiger partial charge in [-0.1, -0.05) is 0 Å². The second-order valence-electron chi connectivity index (χ2n) is 2.49. The number of aromatic amines is 1. The maximum absolute atomic E-state index is 11.0. The Morgan fingerprint density at radius 1 is 1.69 bits per heavy atom. The molecule has 0 spiro atoms. The first-order valence-corrected chi connectivity index (χ1v) is 4.02. The Hall–Kier alpha value is -1.55. The van der Waals surface area contributed by atoms with E-state index >= 15 is 0 Å². The summed E-state index contributed by atoms with van der Waals surface area (Å²) >= 11 is 0. The minimum absolute atomic E-state index is 0.0380. The van der Waals surface area contributed by atoms with Crippen molar-refractivity contribution in [3.05, 3.63) is 30.1 Å².